The van der Waals surface area contributed by atoms with Gasteiger partial charge in [-0.15, -0.1) is 0 Å². The van der Waals surface area contributed by atoms with Gasteiger partial charge in [0.1, 0.15) is 0 Å². The van der Waals surface area contributed by atoms with E-state index in [4.69, 9.17) is 0 Å². The largest absolute Gasteiger partial charge is 0.0999 e. The molecule has 0 aromatic rings. The first-order valence-electron chi connectivity index (χ1n) is 7.92. The van der Waals surface area contributed by atoms with Gasteiger partial charge >= 0.3 is 0 Å². The Morgan fingerprint density at radius 2 is 1.76 bits per heavy atom. The second-order valence-electron chi connectivity index (χ2n) is 6.07. The van der Waals surface area contributed by atoms with Crippen molar-refractivity contribution in [1.82, 2.24) is 0 Å². The van der Waals surface area contributed by atoms with Crippen molar-refractivity contribution >= 4 is 0 Å². The second-order valence-corrected chi connectivity index (χ2v) is 6.07. The summed E-state index contributed by atoms with van der Waals surface area (Å²) in [5.74, 6) is 2.02. The van der Waals surface area contributed by atoms with Crippen molar-refractivity contribution in [1.29, 1.82) is 0 Å². The molecule has 1 atom stereocenters. The van der Waals surface area contributed by atoms with E-state index in [0.717, 1.165) is 11.8 Å². The van der Waals surface area contributed by atoms with Crippen molar-refractivity contribution in [3.8, 4) is 0 Å². The van der Waals surface area contributed by atoms with Gasteiger partial charge in [0.2, 0.25) is 0 Å². The lowest BCUT2D eigenvalue weighted by atomic mass is 9.87. The first-order valence-corrected chi connectivity index (χ1v) is 7.92. The molecule has 1 fully saturated rings. The molecule has 0 radical (unpaired) electrons. The molecule has 1 saturated carbocycles. The van der Waals surface area contributed by atoms with Crippen molar-refractivity contribution in [3.63, 3.8) is 0 Å². The molecular weight excluding hydrogens is 204 g/mol. The first kappa shape index (κ1) is 14.8. The molecule has 0 aromatic heterocycles. The number of rotatable bonds is 7. The highest BCUT2D eigenvalue weighted by Crippen LogP contribution is 2.31. The molecule has 17 heavy (non-hydrogen) atoms. The minimum Gasteiger partial charge on any atom is -0.0999 e. The van der Waals surface area contributed by atoms with Gasteiger partial charge in [-0.1, -0.05) is 70.9 Å². The molecule has 1 unspecified atom stereocenters. The van der Waals surface area contributed by atoms with Crippen LogP contribution in [0.3, 0.4) is 0 Å². The maximum Gasteiger partial charge on any atom is -0.0320 e. The highest BCUT2D eigenvalue weighted by molar-refractivity contribution is 4.96. The molecule has 0 aromatic carbocycles. The zero-order valence-electron chi connectivity index (χ0n) is 12.1. The van der Waals surface area contributed by atoms with E-state index in [1.807, 2.05) is 0 Å². The molecule has 1 aliphatic carbocycles. The quantitative estimate of drug-likeness (QED) is 0.369. The predicted octanol–water partition coefficient (Wildman–Crippen LogP) is 6.12. The summed E-state index contributed by atoms with van der Waals surface area (Å²) in [5, 5.41) is 0. The van der Waals surface area contributed by atoms with Gasteiger partial charge in [-0.05, 0) is 37.5 Å². The van der Waals surface area contributed by atoms with E-state index in [0.29, 0.717) is 0 Å². The molecule has 0 aliphatic heterocycles. The van der Waals surface area contributed by atoms with Crippen LogP contribution in [0.1, 0.15) is 84.5 Å². The maximum atomic E-state index is 4.16. The number of hydrogen-bond donors (Lipinski definition) is 0. The van der Waals surface area contributed by atoms with E-state index in [1.54, 1.807) is 0 Å². The van der Waals surface area contributed by atoms with Crippen LogP contribution >= 0.6 is 0 Å². The standard InChI is InChI=1S/C17H32/c1-4-7-16(8-5-2)13-14-17-10-6-9-15(3)11-12-17/h16-17H,3-14H2,1-2H3. The molecule has 0 saturated heterocycles. The van der Waals surface area contributed by atoms with Crippen LogP contribution in [0.25, 0.3) is 0 Å². The Morgan fingerprint density at radius 1 is 1.06 bits per heavy atom. The maximum absolute atomic E-state index is 4.16. The molecule has 0 heteroatoms. The van der Waals surface area contributed by atoms with Crippen molar-refractivity contribution in [3.05, 3.63) is 12.2 Å². The lowest BCUT2D eigenvalue weighted by Crippen LogP contribution is -2.05. The third-order valence-corrected chi connectivity index (χ3v) is 4.43. The van der Waals surface area contributed by atoms with Gasteiger partial charge in [0.25, 0.3) is 0 Å². The highest BCUT2D eigenvalue weighted by atomic mass is 14.2. The molecule has 100 valence electrons. The SMILES string of the molecule is C=C1CCCC(CCC(CCC)CCC)CC1. The summed E-state index contributed by atoms with van der Waals surface area (Å²) in [6.07, 6.45) is 15.5. The van der Waals surface area contributed by atoms with Crippen molar-refractivity contribution < 1.29 is 0 Å². The summed E-state index contributed by atoms with van der Waals surface area (Å²) in [6.45, 7) is 8.83. The molecule has 0 N–H and O–H groups in total. The van der Waals surface area contributed by atoms with Crippen molar-refractivity contribution in [2.75, 3.05) is 0 Å². The Bertz CT molecular complexity index is 198. The molecular formula is C17H32. The van der Waals surface area contributed by atoms with Crippen molar-refractivity contribution in [2.24, 2.45) is 11.8 Å². The van der Waals surface area contributed by atoms with Crippen LogP contribution in [-0.2, 0) is 0 Å². The fourth-order valence-electron chi connectivity index (χ4n) is 3.33. The van der Waals surface area contributed by atoms with Crippen LogP contribution in [0.4, 0.5) is 0 Å². The van der Waals surface area contributed by atoms with Gasteiger partial charge in [0.15, 0.2) is 0 Å². The average molecular weight is 236 g/mol. The average Bonchev–Trinajstić information content (AvgIpc) is 2.52. The predicted molar refractivity (Wildman–Crippen MR) is 78.3 cm³/mol. The Hall–Kier alpha value is -0.260. The third kappa shape index (κ3) is 6.29. The summed E-state index contributed by atoms with van der Waals surface area (Å²) in [4.78, 5) is 0. The Kier molecular flexibility index (Phi) is 7.64. The lowest BCUT2D eigenvalue weighted by Gasteiger charge is -2.19. The number of allylic oxidation sites excluding steroid dienone is 1. The normalized spacial score (nSPS) is 21.8. The molecule has 0 spiro atoms. The van der Waals surface area contributed by atoms with E-state index in [9.17, 15) is 0 Å². The van der Waals surface area contributed by atoms with E-state index in [2.05, 4.69) is 20.4 Å². The summed E-state index contributed by atoms with van der Waals surface area (Å²) in [7, 11) is 0. The second kappa shape index (κ2) is 8.78. The van der Waals surface area contributed by atoms with Gasteiger partial charge in [-0.25, -0.2) is 0 Å². The van der Waals surface area contributed by atoms with Crippen LogP contribution in [0, 0.1) is 11.8 Å². The molecule has 0 heterocycles. The van der Waals surface area contributed by atoms with E-state index >= 15 is 0 Å². The zero-order valence-corrected chi connectivity index (χ0v) is 12.1. The molecule has 0 bridgehead atoms. The van der Waals surface area contributed by atoms with Gasteiger partial charge < -0.3 is 0 Å². The minimum absolute atomic E-state index is 1.01. The van der Waals surface area contributed by atoms with Crippen LogP contribution < -0.4 is 0 Å². The fourth-order valence-corrected chi connectivity index (χ4v) is 3.33. The topological polar surface area (TPSA) is 0 Å². The van der Waals surface area contributed by atoms with Crippen molar-refractivity contribution in [2.45, 2.75) is 84.5 Å². The van der Waals surface area contributed by atoms with Crippen LogP contribution in [0.2, 0.25) is 0 Å². The van der Waals surface area contributed by atoms with Crippen LogP contribution in [0.15, 0.2) is 12.2 Å². The van der Waals surface area contributed by atoms with E-state index in [1.165, 1.54) is 76.2 Å². The molecule has 0 amide bonds. The Morgan fingerprint density at radius 3 is 2.41 bits per heavy atom. The molecule has 0 nitrogen and oxygen atoms in total. The monoisotopic (exact) mass is 236 g/mol. The van der Waals surface area contributed by atoms with E-state index in [-0.39, 0.29) is 0 Å². The zero-order chi connectivity index (χ0) is 12.5. The number of hydrogen-bond acceptors (Lipinski definition) is 0. The van der Waals surface area contributed by atoms with E-state index < -0.39 is 0 Å². The highest BCUT2D eigenvalue weighted by Gasteiger charge is 2.15. The molecule has 1 aliphatic rings. The van der Waals surface area contributed by atoms with Crippen LogP contribution in [-0.4, -0.2) is 0 Å². The lowest BCUT2D eigenvalue weighted by molar-refractivity contribution is 0.335. The molecule has 1 rings (SSSR count). The van der Waals surface area contributed by atoms with Gasteiger partial charge in [-0.3, -0.25) is 0 Å². The Labute approximate surface area is 109 Å². The summed E-state index contributed by atoms with van der Waals surface area (Å²) < 4.78 is 0. The van der Waals surface area contributed by atoms with Gasteiger partial charge in [-0.2, -0.15) is 0 Å². The van der Waals surface area contributed by atoms with Gasteiger partial charge in [0.05, 0.1) is 0 Å². The Balaban J connectivity index is 2.24. The smallest absolute Gasteiger partial charge is 0.0320 e. The van der Waals surface area contributed by atoms with Crippen LogP contribution in [0.5, 0.6) is 0 Å². The van der Waals surface area contributed by atoms with Gasteiger partial charge in [0, 0.05) is 0 Å². The minimum atomic E-state index is 1.01. The first-order chi connectivity index (χ1) is 8.26. The third-order valence-electron chi connectivity index (χ3n) is 4.43. The fraction of sp³-hybridized carbons (Fsp3) is 0.882. The summed E-state index contributed by atoms with van der Waals surface area (Å²) in [5.41, 5.74) is 1.51. The summed E-state index contributed by atoms with van der Waals surface area (Å²) >= 11 is 0. The summed E-state index contributed by atoms with van der Waals surface area (Å²) in [6, 6.07) is 0.